The number of nitrogens with zero attached hydrogens (tertiary/aromatic N) is 5. The van der Waals surface area contributed by atoms with Crippen molar-refractivity contribution in [3.63, 3.8) is 0 Å². The Bertz CT molecular complexity index is 1120. The Kier molecular flexibility index (Phi) is 5.54. The smallest absolute Gasteiger partial charge is 0.243 e. The SMILES string of the molecule is C#CCCC1(CCC(=O)N2CCN(S(=O)(=O)c3cccc4cnccc34)CC2)N=N1. The quantitative estimate of drug-likeness (QED) is 0.637. The van der Waals surface area contributed by atoms with Gasteiger partial charge >= 0.3 is 0 Å². The summed E-state index contributed by atoms with van der Waals surface area (Å²) in [4.78, 5) is 18.6. The summed E-state index contributed by atoms with van der Waals surface area (Å²) in [5.41, 5.74) is -0.476. The van der Waals surface area contributed by atoms with E-state index in [0.717, 1.165) is 5.39 Å². The van der Waals surface area contributed by atoms with E-state index in [1.54, 1.807) is 35.5 Å². The molecule has 0 saturated carbocycles. The van der Waals surface area contributed by atoms with Crippen molar-refractivity contribution in [2.45, 2.75) is 36.2 Å². The minimum Gasteiger partial charge on any atom is -0.340 e. The number of terminal acetylenes is 1. The molecule has 0 spiro atoms. The molecule has 0 radical (unpaired) electrons. The maximum atomic E-state index is 13.2. The summed E-state index contributed by atoms with van der Waals surface area (Å²) in [6.45, 7) is 1.28. The lowest BCUT2D eigenvalue weighted by Gasteiger charge is -2.34. The number of carbonyl (C=O) groups is 1. The van der Waals surface area contributed by atoms with Crippen LogP contribution in [0.1, 0.15) is 25.7 Å². The highest BCUT2D eigenvalue weighted by atomic mass is 32.2. The van der Waals surface area contributed by atoms with Crippen LogP contribution in [-0.2, 0) is 14.8 Å². The van der Waals surface area contributed by atoms with Crippen molar-refractivity contribution in [2.75, 3.05) is 26.2 Å². The first-order chi connectivity index (χ1) is 14.5. The van der Waals surface area contributed by atoms with Gasteiger partial charge < -0.3 is 4.90 Å². The normalized spacial score (nSPS) is 18.3. The van der Waals surface area contributed by atoms with Crippen molar-refractivity contribution in [3.8, 4) is 12.3 Å². The second-order valence-electron chi connectivity index (χ2n) is 7.52. The van der Waals surface area contributed by atoms with Crippen molar-refractivity contribution in [3.05, 3.63) is 36.7 Å². The van der Waals surface area contributed by atoms with E-state index in [1.807, 2.05) is 6.07 Å². The van der Waals surface area contributed by atoms with E-state index in [2.05, 4.69) is 21.1 Å². The van der Waals surface area contributed by atoms with Gasteiger partial charge in [-0.3, -0.25) is 9.78 Å². The zero-order chi connectivity index (χ0) is 21.2. The summed E-state index contributed by atoms with van der Waals surface area (Å²) >= 11 is 0. The fraction of sp³-hybridized carbons (Fsp3) is 0.429. The molecule has 4 rings (SSSR count). The molecule has 0 N–H and O–H groups in total. The molecule has 9 heteroatoms. The van der Waals surface area contributed by atoms with Gasteiger partial charge in [0.1, 0.15) is 0 Å². The molecule has 8 nitrogen and oxygen atoms in total. The van der Waals surface area contributed by atoms with Crippen molar-refractivity contribution < 1.29 is 13.2 Å². The molecule has 0 unspecified atom stereocenters. The Balaban J connectivity index is 1.37. The molecule has 2 aromatic rings. The average molecular weight is 426 g/mol. The van der Waals surface area contributed by atoms with Gasteiger partial charge in [-0.15, -0.1) is 12.3 Å². The van der Waals surface area contributed by atoms with Crippen LogP contribution in [0.25, 0.3) is 10.8 Å². The van der Waals surface area contributed by atoms with Crippen LogP contribution in [0, 0.1) is 12.3 Å². The molecule has 1 aromatic carbocycles. The average Bonchev–Trinajstić information content (AvgIpc) is 3.56. The number of carbonyl (C=O) groups excluding carboxylic acids is 1. The van der Waals surface area contributed by atoms with Crippen LogP contribution in [0.3, 0.4) is 0 Å². The summed E-state index contributed by atoms with van der Waals surface area (Å²) in [5, 5.41) is 9.55. The van der Waals surface area contributed by atoms with Gasteiger partial charge in [0, 0.05) is 75.0 Å². The molecule has 2 aliphatic heterocycles. The third kappa shape index (κ3) is 4.06. The van der Waals surface area contributed by atoms with E-state index in [-0.39, 0.29) is 23.9 Å². The first-order valence-electron chi connectivity index (χ1n) is 9.93. The highest BCUT2D eigenvalue weighted by Crippen LogP contribution is 2.37. The first-order valence-corrected chi connectivity index (χ1v) is 11.4. The van der Waals surface area contributed by atoms with Gasteiger partial charge in [-0.25, -0.2) is 8.42 Å². The minimum atomic E-state index is -3.65. The highest BCUT2D eigenvalue weighted by Gasteiger charge is 2.40. The molecular weight excluding hydrogens is 402 g/mol. The fourth-order valence-electron chi connectivity index (χ4n) is 3.77. The van der Waals surface area contributed by atoms with E-state index < -0.39 is 15.7 Å². The molecule has 0 bridgehead atoms. The molecule has 3 heterocycles. The predicted molar refractivity (Wildman–Crippen MR) is 112 cm³/mol. The Labute approximate surface area is 176 Å². The van der Waals surface area contributed by atoms with Gasteiger partial charge in [-0.2, -0.15) is 14.5 Å². The number of pyridine rings is 1. The summed E-state index contributed by atoms with van der Waals surface area (Å²) in [7, 11) is -3.65. The fourth-order valence-corrected chi connectivity index (χ4v) is 5.40. The monoisotopic (exact) mass is 425 g/mol. The Hall–Kier alpha value is -2.83. The number of sulfonamides is 1. The van der Waals surface area contributed by atoms with Crippen LogP contribution in [0.2, 0.25) is 0 Å². The first kappa shape index (κ1) is 20.4. The minimum absolute atomic E-state index is 0.000617. The molecule has 156 valence electrons. The Morgan fingerprint density at radius 3 is 2.60 bits per heavy atom. The number of hydrogen-bond acceptors (Lipinski definition) is 6. The van der Waals surface area contributed by atoms with E-state index in [9.17, 15) is 13.2 Å². The lowest BCUT2D eigenvalue weighted by atomic mass is 10.0. The predicted octanol–water partition coefficient (Wildman–Crippen LogP) is 2.42. The summed E-state index contributed by atoms with van der Waals surface area (Å²) in [6.07, 6.45) is 10.7. The standard InChI is InChI=1S/C21H23N5O3S/c1-2-3-9-21(23-24-21)10-7-20(27)25-12-14-26(15-13-25)30(28,29)19-6-4-5-17-16-22-11-8-18(17)19/h1,4-6,8,11,16H,3,7,9-10,12-15H2. The molecule has 0 atom stereocenters. The topological polar surface area (TPSA) is 95.3 Å². The van der Waals surface area contributed by atoms with Crippen molar-refractivity contribution >= 4 is 26.7 Å². The van der Waals surface area contributed by atoms with Gasteiger partial charge in [-0.1, -0.05) is 12.1 Å². The largest absolute Gasteiger partial charge is 0.340 e. The maximum absolute atomic E-state index is 13.2. The van der Waals surface area contributed by atoms with Gasteiger partial charge in [0.25, 0.3) is 0 Å². The van der Waals surface area contributed by atoms with E-state index >= 15 is 0 Å². The number of benzene rings is 1. The van der Waals surface area contributed by atoms with Crippen molar-refractivity contribution in [1.29, 1.82) is 0 Å². The molecule has 1 saturated heterocycles. The number of piperazine rings is 1. The molecule has 0 aliphatic carbocycles. The second kappa shape index (κ2) is 8.13. The number of hydrogen-bond donors (Lipinski definition) is 0. The molecule has 1 amide bonds. The van der Waals surface area contributed by atoms with E-state index in [1.165, 1.54) is 4.31 Å². The summed E-state index contributed by atoms with van der Waals surface area (Å²) < 4.78 is 27.9. The van der Waals surface area contributed by atoms with Crippen LogP contribution in [0.5, 0.6) is 0 Å². The highest BCUT2D eigenvalue weighted by molar-refractivity contribution is 7.89. The Morgan fingerprint density at radius 1 is 1.13 bits per heavy atom. The summed E-state index contributed by atoms with van der Waals surface area (Å²) in [5.74, 6) is 2.58. The van der Waals surface area contributed by atoms with Crippen LogP contribution in [0.15, 0.2) is 51.8 Å². The van der Waals surface area contributed by atoms with Gasteiger partial charge in [0.2, 0.25) is 15.9 Å². The van der Waals surface area contributed by atoms with E-state index in [0.29, 0.717) is 44.2 Å². The van der Waals surface area contributed by atoms with Crippen molar-refractivity contribution in [1.82, 2.24) is 14.2 Å². The third-order valence-electron chi connectivity index (χ3n) is 5.64. The third-order valence-corrected chi connectivity index (χ3v) is 7.60. The lowest BCUT2D eigenvalue weighted by Crippen LogP contribution is -2.50. The second-order valence-corrected chi connectivity index (χ2v) is 9.43. The molecular formula is C21H23N5O3S. The van der Waals surface area contributed by atoms with Gasteiger partial charge in [-0.05, 0) is 12.1 Å². The van der Waals surface area contributed by atoms with Crippen molar-refractivity contribution in [2.24, 2.45) is 10.2 Å². The van der Waals surface area contributed by atoms with Gasteiger partial charge in [0.05, 0.1) is 4.90 Å². The van der Waals surface area contributed by atoms with Crippen LogP contribution < -0.4 is 0 Å². The number of amides is 1. The number of fused-ring (bicyclic) bond motifs is 1. The number of aromatic nitrogens is 1. The molecule has 2 aliphatic rings. The van der Waals surface area contributed by atoms with Gasteiger partial charge in [0.15, 0.2) is 5.66 Å². The number of rotatable bonds is 7. The molecule has 30 heavy (non-hydrogen) atoms. The molecule has 1 aromatic heterocycles. The summed E-state index contributed by atoms with van der Waals surface area (Å²) in [6, 6.07) is 6.90. The maximum Gasteiger partial charge on any atom is 0.243 e. The zero-order valence-electron chi connectivity index (χ0n) is 16.6. The lowest BCUT2D eigenvalue weighted by molar-refractivity contribution is -0.132. The van der Waals surface area contributed by atoms with Crippen LogP contribution >= 0.6 is 0 Å². The van der Waals surface area contributed by atoms with E-state index in [4.69, 9.17) is 6.42 Å². The zero-order valence-corrected chi connectivity index (χ0v) is 17.4. The van der Waals surface area contributed by atoms with Crippen LogP contribution in [-0.4, -0.2) is 60.4 Å². The Morgan fingerprint density at radius 2 is 1.90 bits per heavy atom. The molecule has 1 fully saturated rings. The van der Waals surface area contributed by atoms with Crippen LogP contribution in [0.4, 0.5) is 0 Å².